The molecule has 0 spiro atoms. The average molecular weight is 344 g/mol. The largest absolute Gasteiger partial charge is 0.390 e. The minimum absolute atomic E-state index is 0.0601. The molecule has 0 aliphatic heterocycles. The van der Waals surface area contributed by atoms with Crippen molar-refractivity contribution in [3.8, 4) is 0 Å². The van der Waals surface area contributed by atoms with Crippen LogP contribution in [0.25, 0.3) is 0 Å². The summed E-state index contributed by atoms with van der Waals surface area (Å²) in [4.78, 5) is 15.5. The third kappa shape index (κ3) is 7.85. The van der Waals surface area contributed by atoms with Crippen LogP contribution in [0.1, 0.15) is 25.8 Å². The van der Waals surface area contributed by atoms with Crippen molar-refractivity contribution in [1.29, 1.82) is 0 Å². The summed E-state index contributed by atoms with van der Waals surface area (Å²) in [5.74, 6) is 0.143. The number of hydrogen-bond donors (Lipinski definition) is 3. The number of amides is 1. The van der Waals surface area contributed by atoms with E-state index in [1.165, 1.54) is 7.05 Å². The second-order valence-corrected chi connectivity index (χ2v) is 5.56. The first-order valence-electron chi connectivity index (χ1n) is 7.62. The van der Waals surface area contributed by atoms with E-state index in [0.29, 0.717) is 18.2 Å². The summed E-state index contributed by atoms with van der Waals surface area (Å²) in [5, 5.41) is 8.33. The van der Waals surface area contributed by atoms with E-state index in [1.807, 2.05) is 26.0 Å². The molecule has 1 amide bonds. The molecular formula is C16H23F3N4O. The molecule has 24 heavy (non-hydrogen) atoms. The Kier molecular flexibility index (Phi) is 7.54. The SMILES string of the molecule is CN=C(NCCC(F)(F)F)NCc1ccc(NC(=O)C(C)C)cc1. The highest BCUT2D eigenvalue weighted by atomic mass is 19.4. The van der Waals surface area contributed by atoms with Gasteiger partial charge in [0.2, 0.25) is 5.91 Å². The van der Waals surface area contributed by atoms with Crippen LogP contribution in [0.5, 0.6) is 0 Å². The van der Waals surface area contributed by atoms with Crippen molar-refractivity contribution < 1.29 is 18.0 Å². The molecule has 1 aromatic carbocycles. The van der Waals surface area contributed by atoms with Crippen molar-refractivity contribution in [3.63, 3.8) is 0 Å². The van der Waals surface area contributed by atoms with E-state index in [9.17, 15) is 18.0 Å². The van der Waals surface area contributed by atoms with E-state index in [1.54, 1.807) is 12.1 Å². The highest BCUT2D eigenvalue weighted by molar-refractivity contribution is 5.92. The van der Waals surface area contributed by atoms with Gasteiger partial charge in [0.15, 0.2) is 5.96 Å². The van der Waals surface area contributed by atoms with Crippen molar-refractivity contribution in [2.45, 2.75) is 33.0 Å². The number of rotatable bonds is 6. The Morgan fingerprint density at radius 2 is 1.79 bits per heavy atom. The minimum Gasteiger partial charge on any atom is -0.356 e. The summed E-state index contributed by atoms with van der Waals surface area (Å²) < 4.78 is 36.3. The predicted octanol–water partition coefficient (Wildman–Crippen LogP) is 2.90. The number of carbonyl (C=O) groups excluding carboxylic acids is 1. The van der Waals surface area contributed by atoms with Crippen molar-refractivity contribution in [3.05, 3.63) is 29.8 Å². The fraction of sp³-hybridized carbons (Fsp3) is 0.500. The van der Waals surface area contributed by atoms with Crippen LogP contribution in [0, 0.1) is 5.92 Å². The lowest BCUT2D eigenvalue weighted by Crippen LogP contribution is -2.38. The number of guanidine groups is 1. The normalized spacial score (nSPS) is 12.2. The monoisotopic (exact) mass is 344 g/mol. The van der Waals surface area contributed by atoms with Crippen molar-refractivity contribution in [2.24, 2.45) is 10.9 Å². The standard InChI is InChI=1S/C16H23F3N4O/c1-11(2)14(24)23-13-6-4-12(5-7-13)10-22-15(20-3)21-9-8-16(17,18)19/h4-7,11H,8-10H2,1-3H3,(H,23,24)(H2,20,21,22). The first-order chi connectivity index (χ1) is 11.2. The van der Waals surface area contributed by atoms with Gasteiger partial charge < -0.3 is 16.0 Å². The Morgan fingerprint density at radius 1 is 1.17 bits per heavy atom. The summed E-state index contributed by atoms with van der Waals surface area (Å²) in [6.07, 6.45) is -5.11. The molecular weight excluding hydrogens is 321 g/mol. The summed E-state index contributed by atoms with van der Waals surface area (Å²) in [7, 11) is 1.49. The molecule has 0 radical (unpaired) electrons. The fourth-order valence-electron chi connectivity index (χ4n) is 1.72. The van der Waals surface area contributed by atoms with Crippen LogP contribution in [-0.2, 0) is 11.3 Å². The van der Waals surface area contributed by atoms with Crippen LogP contribution in [0.2, 0.25) is 0 Å². The molecule has 0 bridgehead atoms. The van der Waals surface area contributed by atoms with Gasteiger partial charge in [-0.2, -0.15) is 13.2 Å². The van der Waals surface area contributed by atoms with Crippen molar-refractivity contribution in [1.82, 2.24) is 10.6 Å². The minimum atomic E-state index is -4.19. The summed E-state index contributed by atoms with van der Waals surface area (Å²) in [5.41, 5.74) is 1.61. The molecule has 0 fully saturated rings. The molecule has 0 saturated heterocycles. The molecule has 0 atom stereocenters. The number of nitrogens with zero attached hydrogens (tertiary/aromatic N) is 1. The Hall–Kier alpha value is -2.25. The molecule has 3 N–H and O–H groups in total. The number of hydrogen-bond acceptors (Lipinski definition) is 2. The lowest BCUT2D eigenvalue weighted by Gasteiger charge is -2.13. The van der Waals surface area contributed by atoms with Gasteiger partial charge in [-0.25, -0.2) is 0 Å². The van der Waals surface area contributed by atoms with E-state index in [4.69, 9.17) is 0 Å². The molecule has 0 unspecified atom stereocenters. The van der Waals surface area contributed by atoms with Crippen molar-refractivity contribution in [2.75, 3.05) is 18.9 Å². The number of nitrogens with one attached hydrogen (secondary N) is 3. The predicted molar refractivity (Wildman–Crippen MR) is 88.8 cm³/mol. The molecule has 0 aliphatic carbocycles. The number of halogens is 3. The molecule has 8 heteroatoms. The Labute approximate surface area is 139 Å². The summed E-state index contributed by atoms with van der Waals surface area (Å²) in [6.45, 7) is 3.80. The van der Waals surface area contributed by atoms with Crippen LogP contribution in [-0.4, -0.2) is 31.6 Å². The van der Waals surface area contributed by atoms with Gasteiger partial charge in [0.25, 0.3) is 0 Å². The Bertz CT molecular complexity index is 553. The molecule has 5 nitrogen and oxygen atoms in total. The van der Waals surface area contributed by atoms with E-state index in [-0.39, 0.29) is 18.4 Å². The van der Waals surface area contributed by atoms with E-state index in [0.717, 1.165) is 5.56 Å². The maximum Gasteiger partial charge on any atom is 0.390 e. The number of aliphatic imine (C=N–C) groups is 1. The van der Waals surface area contributed by atoms with Gasteiger partial charge >= 0.3 is 6.18 Å². The highest BCUT2D eigenvalue weighted by Crippen LogP contribution is 2.18. The molecule has 0 heterocycles. The zero-order valence-corrected chi connectivity index (χ0v) is 14.0. The molecule has 0 saturated carbocycles. The quantitative estimate of drug-likeness (QED) is 0.549. The second kappa shape index (κ2) is 9.14. The summed E-state index contributed by atoms with van der Waals surface area (Å²) in [6, 6.07) is 7.20. The summed E-state index contributed by atoms with van der Waals surface area (Å²) >= 11 is 0. The van der Waals surface area contributed by atoms with Gasteiger partial charge in [-0.1, -0.05) is 26.0 Å². The van der Waals surface area contributed by atoms with E-state index < -0.39 is 12.6 Å². The van der Waals surface area contributed by atoms with Crippen LogP contribution >= 0.6 is 0 Å². The topological polar surface area (TPSA) is 65.5 Å². The first kappa shape index (κ1) is 19.8. The van der Waals surface area contributed by atoms with Crippen LogP contribution in [0.3, 0.4) is 0 Å². The van der Waals surface area contributed by atoms with Crippen LogP contribution in [0.4, 0.5) is 18.9 Å². The Balaban J connectivity index is 2.44. The fourth-order valence-corrected chi connectivity index (χ4v) is 1.72. The van der Waals surface area contributed by atoms with Gasteiger partial charge in [0.05, 0.1) is 6.42 Å². The van der Waals surface area contributed by atoms with Gasteiger partial charge in [0, 0.05) is 31.7 Å². The number of anilines is 1. The lowest BCUT2D eigenvalue weighted by molar-refractivity contribution is -0.132. The number of benzene rings is 1. The third-order valence-corrected chi connectivity index (χ3v) is 3.13. The molecule has 0 aliphatic rings. The molecule has 0 aromatic heterocycles. The van der Waals surface area contributed by atoms with E-state index in [2.05, 4.69) is 20.9 Å². The number of carbonyl (C=O) groups is 1. The van der Waals surface area contributed by atoms with Gasteiger partial charge in [-0.15, -0.1) is 0 Å². The first-order valence-corrected chi connectivity index (χ1v) is 7.62. The average Bonchev–Trinajstić information content (AvgIpc) is 2.50. The molecule has 1 aromatic rings. The third-order valence-electron chi connectivity index (χ3n) is 3.13. The van der Waals surface area contributed by atoms with Gasteiger partial charge in [0.1, 0.15) is 0 Å². The Morgan fingerprint density at radius 3 is 2.29 bits per heavy atom. The number of alkyl halides is 3. The van der Waals surface area contributed by atoms with Gasteiger partial charge in [-0.05, 0) is 17.7 Å². The van der Waals surface area contributed by atoms with E-state index >= 15 is 0 Å². The van der Waals surface area contributed by atoms with Gasteiger partial charge in [-0.3, -0.25) is 9.79 Å². The zero-order chi connectivity index (χ0) is 18.2. The maximum atomic E-state index is 12.1. The highest BCUT2D eigenvalue weighted by Gasteiger charge is 2.26. The van der Waals surface area contributed by atoms with Crippen LogP contribution in [0.15, 0.2) is 29.3 Å². The maximum absolute atomic E-state index is 12.1. The van der Waals surface area contributed by atoms with Crippen LogP contribution < -0.4 is 16.0 Å². The smallest absolute Gasteiger partial charge is 0.356 e. The zero-order valence-electron chi connectivity index (χ0n) is 14.0. The van der Waals surface area contributed by atoms with Crippen molar-refractivity contribution >= 4 is 17.6 Å². The molecule has 1 rings (SSSR count). The lowest BCUT2D eigenvalue weighted by atomic mass is 10.1. The molecule has 134 valence electrons. The second-order valence-electron chi connectivity index (χ2n) is 5.56.